The third kappa shape index (κ3) is 1.92. The zero-order valence-electron chi connectivity index (χ0n) is 11.8. The maximum absolute atomic E-state index is 3.62. The van der Waals surface area contributed by atoms with Crippen molar-refractivity contribution in [3.8, 4) is 0 Å². The van der Waals surface area contributed by atoms with E-state index in [1.807, 2.05) is 0 Å². The van der Waals surface area contributed by atoms with Gasteiger partial charge in [-0.2, -0.15) is 0 Å². The third-order valence-corrected chi connectivity index (χ3v) is 5.32. The summed E-state index contributed by atoms with van der Waals surface area (Å²) in [4.78, 5) is 0. The molecule has 0 aromatic carbocycles. The van der Waals surface area contributed by atoms with Gasteiger partial charge in [0.1, 0.15) is 0 Å². The summed E-state index contributed by atoms with van der Waals surface area (Å²) >= 11 is 0. The van der Waals surface area contributed by atoms with Gasteiger partial charge in [0.05, 0.1) is 0 Å². The highest BCUT2D eigenvalue weighted by molar-refractivity contribution is 5.04. The van der Waals surface area contributed by atoms with Crippen molar-refractivity contribution in [2.24, 2.45) is 28.6 Å². The molecule has 2 rings (SSSR count). The van der Waals surface area contributed by atoms with E-state index >= 15 is 0 Å². The first kappa shape index (κ1) is 12.4. The lowest BCUT2D eigenvalue weighted by atomic mass is 9.61. The van der Waals surface area contributed by atoms with Gasteiger partial charge in [-0.1, -0.05) is 34.6 Å². The standard InChI is InChI=1S/C15H29N/c1-11(2)13-9-16-7-6-15(13)10-14(4,5)8-12(15)3/h11-13,16H,6-10H2,1-5H3. The molecule has 1 spiro atoms. The van der Waals surface area contributed by atoms with Crippen LogP contribution in [0.25, 0.3) is 0 Å². The van der Waals surface area contributed by atoms with Gasteiger partial charge in [0.25, 0.3) is 0 Å². The lowest BCUT2D eigenvalue weighted by Gasteiger charge is -2.48. The van der Waals surface area contributed by atoms with E-state index in [1.165, 1.54) is 32.4 Å². The van der Waals surface area contributed by atoms with Crippen molar-refractivity contribution in [3.63, 3.8) is 0 Å². The van der Waals surface area contributed by atoms with Crippen LogP contribution in [-0.2, 0) is 0 Å². The summed E-state index contributed by atoms with van der Waals surface area (Å²) in [6, 6.07) is 0. The number of piperidine rings is 1. The molecular formula is C15H29N. The lowest BCUT2D eigenvalue weighted by Crippen LogP contribution is -2.49. The second-order valence-electron chi connectivity index (χ2n) is 7.48. The van der Waals surface area contributed by atoms with Crippen molar-refractivity contribution in [1.82, 2.24) is 5.32 Å². The molecule has 0 aromatic rings. The SMILES string of the molecule is CC(C)C1CNCCC12CC(C)(C)CC2C. The fourth-order valence-corrected chi connectivity index (χ4v) is 4.87. The van der Waals surface area contributed by atoms with E-state index in [9.17, 15) is 0 Å². The minimum atomic E-state index is 0.573. The van der Waals surface area contributed by atoms with Crippen molar-refractivity contribution >= 4 is 0 Å². The van der Waals surface area contributed by atoms with Gasteiger partial charge in [0, 0.05) is 0 Å². The molecule has 0 bridgehead atoms. The Bertz CT molecular complexity index is 256. The summed E-state index contributed by atoms with van der Waals surface area (Å²) in [5, 5.41) is 3.62. The first-order valence-electron chi connectivity index (χ1n) is 7.08. The predicted octanol–water partition coefficient (Wildman–Crippen LogP) is 3.69. The molecule has 94 valence electrons. The maximum atomic E-state index is 3.62. The number of rotatable bonds is 1. The minimum absolute atomic E-state index is 0.573. The van der Waals surface area contributed by atoms with Gasteiger partial charge in [-0.25, -0.2) is 0 Å². The Morgan fingerprint density at radius 2 is 1.94 bits per heavy atom. The van der Waals surface area contributed by atoms with Crippen LogP contribution < -0.4 is 5.32 Å². The van der Waals surface area contributed by atoms with E-state index in [4.69, 9.17) is 0 Å². The molecule has 3 unspecified atom stereocenters. The molecular weight excluding hydrogens is 194 g/mol. The Morgan fingerprint density at radius 1 is 1.25 bits per heavy atom. The summed E-state index contributed by atoms with van der Waals surface area (Å²) in [5.41, 5.74) is 1.22. The Labute approximate surface area is 101 Å². The Balaban J connectivity index is 2.27. The smallest absolute Gasteiger partial charge is 0.00126 e. The van der Waals surface area contributed by atoms with Gasteiger partial charge in [0.2, 0.25) is 0 Å². The predicted molar refractivity (Wildman–Crippen MR) is 70.4 cm³/mol. The van der Waals surface area contributed by atoms with E-state index in [0.29, 0.717) is 10.8 Å². The van der Waals surface area contributed by atoms with Gasteiger partial charge < -0.3 is 5.32 Å². The fourth-order valence-electron chi connectivity index (χ4n) is 4.87. The molecule has 3 atom stereocenters. The molecule has 1 heteroatoms. The van der Waals surface area contributed by atoms with Crippen LogP contribution in [0.2, 0.25) is 0 Å². The summed E-state index contributed by atoms with van der Waals surface area (Å²) < 4.78 is 0. The zero-order chi connectivity index (χ0) is 12.0. The molecule has 2 fully saturated rings. The normalized spacial score (nSPS) is 43.1. The molecule has 0 aromatic heterocycles. The summed E-state index contributed by atoms with van der Waals surface area (Å²) in [7, 11) is 0. The number of nitrogens with one attached hydrogen (secondary N) is 1. The second kappa shape index (κ2) is 4.01. The van der Waals surface area contributed by atoms with Crippen LogP contribution in [0.4, 0.5) is 0 Å². The monoisotopic (exact) mass is 223 g/mol. The molecule has 1 heterocycles. The highest BCUT2D eigenvalue weighted by Gasteiger charge is 2.53. The maximum Gasteiger partial charge on any atom is -0.00126 e. The molecule has 0 amide bonds. The molecule has 0 radical (unpaired) electrons. The first-order valence-corrected chi connectivity index (χ1v) is 7.08. The third-order valence-electron chi connectivity index (χ3n) is 5.32. The average Bonchev–Trinajstić information content (AvgIpc) is 2.37. The highest BCUT2D eigenvalue weighted by Crippen LogP contribution is 2.60. The topological polar surface area (TPSA) is 12.0 Å². The highest BCUT2D eigenvalue weighted by atomic mass is 14.9. The van der Waals surface area contributed by atoms with Crippen molar-refractivity contribution in [2.45, 2.75) is 53.9 Å². The Kier molecular flexibility index (Phi) is 3.11. The molecule has 16 heavy (non-hydrogen) atoms. The van der Waals surface area contributed by atoms with Crippen molar-refractivity contribution in [1.29, 1.82) is 0 Å². The molecule has 2 aliphatic rings. The summed E-state index contributed by atoms with van der Waals surface area (Å²) in [6.07, 6.45) is 4.28. The van der Waals surface area contributed by atoms with Crippen LogP contribution in [0.1, 0.15) is 53.9 Å². The molecule has 1 nitrogen and oxygen atoms in total. The zero-order valence-corrected chi connectivity index (χ0v) is 11.8. The summed E-state index contributed by atoms with van der Waals surface area (Å²) in [6.45, 7) is 14.8. The van der Waals surface area contributed by atoms with Gasteiger partial charge in [-0.05, 0) is 60.9 Å². The van der Waals surface area contributed by atoms with Crippen LogP contribution in [0.3, 0.4) is 0 Å². The Hall–Kier alpha value is -0.0400. The Morgan fingerprint density at radius 3 is 2.44 bits per heavy atom. The molecule has 1 aliphatic carbocycles. The number of hydrogen-bond donors (Lipinski definition) is 1. The van der Waals surface area contributed by atoms with E-state index in [0.717, 1.165) is 17.8 Å². The van der Waals surface area contributed by atoms with Gasteiger partial charge in [-0.3, -0.25) is 0 Å². The van der Waals surface area contributed by atoms with Crippen LogP contribution >= 0.6 is 0 Å². The fraction of sp³-hybridized carbons (Fsp3) is 1.00. The summed E-state index contributed by atoms with van der Waals surface area (Å²) in [5.74, 6) is 2.62. The van der Waals surface area contributed by atoms with Gasteiger partial charge in [-0.15, -0.1) is 0 Å². The van der Waals surface area contributed by atoms with Crippen molar-refractivity contribution < 1.29 is 0 Å². The van der Waals surface area contributed by atoms with Crippen LogP contribution in [0.5, 0.6) is 0 Å². The van der Waals surface area contributed by atoms with Gasteiger partial charge in [0.15, 0.2) is 0 Å². The van der Waals surface area contributed by atoms with Crippen molar-refractivity contribution in [2.75, 3.05) is 13.1 Å². The van der Waals surface area contributed by atoms with Crippen LogP contribution in [-0.4, -0.2) is 13.1 Å². The van der Waals surface area contributed by atoms with Crippen LogP contribution in [0.15, 0.2) is 0 Å². The molecule has 1 saturated heterocycles. The van der Waals surface area contributed by atoms with Crippen molar-refractivity contribution in [3.05, 3.63) is 0 Å². The van der Waals surface area contributed by atoms with E-state index in [2.05, 4.69) is 39.9 Å². The minimum Gasteiger partial charge on any atom is -0.316 e. The first-order chi connectivity index (χ1) is 7.37. The van der Waals surface area contributed by atoms with Gasteiger partial charge >= 0.3 is 0 Å². The van der Waals surface area contributed by atoms with Crippen LogP contribution in [0, 0.1) is 28.6 Å². The van der Waals surface area contributed by atoms with E-state index < -0.39 is 0 Å². The molecule has 1 N–H and O–H groups in total. The molecule has 1 saturated carbocycles. The molecule has 1 aliphatic heterocycles. The second-order valence-corrected chi connectivity index (χ2v) is 7.48. The average molecular weight is 223 g/mol. The van der Waals surface area contributed by atoms with E-state index in [1.54, 1.807) is 0 Å². The largest absolute Gasteiger partial charge is 0.316 e. The number of hydrogen-bond acceptors (Lipinski definition) is 1. The quantitative estimate of drug-likeness (QED) is 0.715. The van der Waals surface area contributed by atoms with E-state index in [-0.39, 0.29) is 0 Å². The lowest BCUT2D eigenvalue weighted by molar-refractivity contribution is 0.0320.